The number of ether oxygens (including phenoxy) is 1. The second-order valence-electron chi connectivity index (χ2n) is 16.8. The van der Waals surface area contributed by atoms with Gasteiger partial charge in [-0.3, -0.25) is 14.8 Å². The van der Waals surface area contributed by atoms with E-state index in [9.17, 15) is 37.9 Å². The molecule has 0 fully saturated rings. The molecule has 34 heteroatoms. The molecule has 0 spiro atoms. The van der Waals surface area contributed by atoms with Gasteiger partial charge in [-0.25, -0.2) is 20.6 Å². The lowest BCUT2D eigenvalue weighted by Gasteiger charge is -2.21. The number of aromatic carboxylic acids is 1. The predicted octanol–water partition coefficient (Wildman–Crippen LogP) is 12.7. The van der Waals surface area contributed by atoms with Gasteiger partial charge < -0.3 is 36.0 Å². The van der Waals surface area contributed by atoms with Crippen LogP contribution in [0.5, 0.6) is 17.2 Å². The Bertz CT molecular complexity index is 4070. The molecule has 84 heavy (non-hydrogen) atoms. The summed E-state index contributed by atoms with van der Waals surface area (Å²) in [5.74, 6) is -3.15. The number of carboxylic acid groups (broad SMARTS) is 1. The van der Waals surface area contributed by atoms with Gasteiger partial charge in [-0.15, -0.1) is 18.1 Å². The van der Waals surface area contributed by atoms with Gasteiger partial charge in [0.25, 0.3) is 10.1 Å². The number of hydrogen-bond acceptors (Lipinski definition) is 31. The van der Waals surface area contributed by atoms with E-state index in [1.807, 2.05) is 0 Å². The van der Waals surface area contributed by atoms with Crippen molar-refractivity contribution in [3.05, 3.63) is 148 Å². The number of fused-ring (bicyclic) bond motifs is 2. The number of rotatable bonds is 24. The molecule has 9 rings (SSSR count). The van der Waals surface area contributed by atoms with Crippen LogP contribution in [-0.2, 0) is 38.2 Å². The minimum absolute atomic E-state index is 0.0328. The van der Waals surface area contributed by atoms with E-state index in [0.717, 1.165) is 18.2 Å². The standard InChI is InChI=1S/C50H38N12O18S4/c1-24-14-36(41(74-2)23-35(24)59-61-38-20-31(81-78-75-68)15-25-16-32(82-79-76-69)21-40(64)43(25)38)60-62-45-42(83-80-77-70)18-26-17-33(84(71,72)73)22-37(44(26)46(45)65)53-50-55-48(51-27-6-4-3-5-7-27)54-49(56-50)52-28-8-10-29(11-9-28)57-58-30-12-13-34(47(66)67)39(63)19-30/h3-23,60,63-64,68-70H,1-2H3,(H,66,67)(H,71,72,73)(H3,51,52,53,54,55,56)/b58-57?,61-59?,62-45-. The lowest BCUT2D eigenvalue weighted by Crippen LogP contribution is -2.24. The minimum atomic E-state index is -4.97. The number of aryl methyl sites for hydroxylation is 1. The molecule has 30 nitrogen and oxygen atoms in total. The van der Waals surface area contributed by atoms with Crippen LogP contribution in [0, 0.1) is 6.92 Å². The molecule has 1 heterocycles. The van der Waals surface area contributed by atoms with Gasteiger partial charge in [0.2, 0.25) is 23.6 Å². The summed E-state index contributed by atoms with van der Waals surface area (Å²) in [6.45, 7) is 1.67. The first-order valence-corrected chi connectivity index (χ1v) is 27.0. The molecule has 0 amide bonds. The Labute approximate surface area is 484 Å². The molecule has 430 valence electrons. The molecule has 7 aromatic carbocycles. The number of Topliss-reactive ketones (excluding diaryl/α,β-unsaturated/α-hetero) is 1. The van der Waals surface area contributed by atoms with E-state index in [1.165, 1.54) is 43.5 Å². The van der Waals surface area contributed by atoms with Crippen molar-refractivity contribution >= 4 is 144 Å². The fourth-order valence-corrected chi connectivity index (χ4v) is 9.74. The molecule has 0 saturated heterocycles. The van der Waals surface area contributed by atoms with Crippen LogP contribution in [0.3, 0.4) is 0 Å². The highest BCUT2D eigenvalue weighted by Gasteiger charge is 2.33. The van der Waals surface area contributed by atoms with E-state index in [4.69, 9.17) is 24.8 Å². The van der Waals surface area contributed by atoms with Gasteiger partial charge in [0.1, 0.15) is 28.5 Å². The van der Waals surface area contributed by atoms with Crippen molar-refractivity contribution in [3.63, 3.8) is 0 Å². The lowest BCUT2D eigenvalue weighted by molar-refractivity contribution is -0.432. The average Bonchev–Trinajstić information content (AvgIpc) is 1.51. The largest absolute Gasteiger partial charge is 0.507 e. The van der Waals surface area contributed by atoms with Crippen LogP contribution in [-0.4, -0.2) is 83.6 Å². The summed E-state index contributed by atoms with van der Waals surface area (Å²) < 4.78 is 55.4. The summed E-state index contributed by atoms with van der Waals surface area (Å²) in [4.78, 5) is 39.5. The van der Waals surface area contributed by atoms with Crippen LogP contribution < -0.4 is 26.1 Å². The second-order valence-corrected chi connectivity index (χ2v) is 20.5. The first-order valence-electron chi connectivity index (χ1n) is 23.3. The highest BCUT2D eigenvalue weighted by Crippen LogP contribution is 2.43. The van der Waals surface area contributed by atoms with Crippen molar-refractivity contribution in [2.75, 3.05) is 28.5 Å². The maximum atomic E-state index is 14.9. The SMILES string of the molecule is COc1cc(N=Nc2cc(SOOO)cc3cc(SOOO)cc(O)c23)c(C)cc1N/N=C1\C(=O)c2c(cc(S(=O)(=O)O)cc2Nc2nc(Nc3ccccc3)nc(Nc3ccc(N=Nc4ccc(C(=O)O)c(O)c4)cc3)n2)C=C1SOOO. The minimum Gasteiger partial charge on any atom is -0.507 e. The topological polar surface area (TPSA) is 423 Å². The zero-order valence-corrected chi connectivity index (χ0v) is 45.7. The number of phenolic OH excluding ortho intramolecular Hbond substituents is 1. The summed E-state index contributed by atoms with van der Waals surface area (Å²) in [5.41, 5.74) is 4.18. The third kappa shape index (κ3) is 14.5. The zero-order valence-electron chi connectivity index (χ0n) is 42.5. The van der Waals surface area contributed by atoms with E-state index in [-0.39, 0.29) is 90.5 Å². The second kappa shape index (κ2) is 26.8. The first-order chi connectivity index (χ1) is 40.5. The first kappa shape index (κ1) is 59.4. The molecular formula is C50H38N12O18S4. The summed E-state index contributed by atoms with van der Waals surface area (Å²) in [7, 11) is -3.63. The smallest absolute Gasteiger partial charge is 0.339 e. The number of azo groups is 2. The molecule has 1 aromatic heterocycles. The van der Waals surface area contributed by atoms with Crippen molar-refractivity contribution in [1.82, 2.24) is 15.0 Å². The molecule has 0 unspecified atom stereocenters. The zero-order chi connectivity index (χ0) is 59.5. The van der Waals surface area contributed by atoms with E-state index >= 15 is 0 Å². The Morgan fingerprint density at radius 3 is 1.88 bits per heavy atom. The third-order valence-electron chi connectivity index (χ3n) is 11.4. The number of allylic oxidation sites excluding steroid dienone is 1. The maximum Gasteiger partial charge on any atom is 0.339 e. The third-order valence-corrected chi connectivity index (χ3v) is 14.0. The highest BCUT2D eigenvalue weighted by atomic mass is 32.2. The Kier molecular flexibility index (Phi) is 18.9. The van der Waals surface area contributed by atoms with Gasteiger partial charge in [-0.05, 0) is 121 Å². The van der Waals surface area contributed by atoms with Crippen molar-refractivity contribution < 1.29 is 86.5 Å². The van der Waals surface area contributed by atoms with E-state index in [1.54, 1.807) is 79.7 Å². The number of carbonyl (C=O) groups is 2. The summed E-state index contributed by atoms with van der Waals surface area (Å²) in [6, 6.07) is 29.9. The number of hydrazone groups is 1. The summed E-state index contributed by atoms with van der Waals surface area (Å²) >= 11 is 1.53. The van der Waals surface area contributed by atoms with Gasteiger partial charge in [0.05, 0.1) is 98.1 Å². The van der Waals surface area contributed by atoms with E-state index < -0.39 is 32.5 Å². The number of benzene rings is 7. The molecule has 0 aliphatic heterocycles. The predicted molar refractivity (Wildman–Crippen MR) is 303 cm³/mol. The van der Waals surface area contributed by atoms with E-state index in [0.29, 0.717) is 73.9 Å². The number of anilines is 7. The van der Waals surface area contributed by atoms with Crippen molar-refractivity contribution in [2.24, 2.45) is 25.6 Å². The molecular weight excluding hydrogens is 1180 g/mol. The number of nitrogens with zero attached hydrogens (tertiary/aromatic N) is 8. The fourth-order valence-electron chi connectivity index (χ4n) is 7.81. The highest BCUT2D eigenvalue weighted by molar-refractivity contribution is 7.99. The monoisotopic (exact) mass is 1220 g/mol. The van der Waals surface area contributed by atoms with Gasteiger partial charge in [0.15, 0.2) is 0 Å². The summed E-state index contributed by atoms with van der Waals surface area (Å²) in [5, 5.41) is 99.2. The molecule has 0 radical (unpaired) electrons. The summed E-state index contributed by atoms with van der Waals surface area (Å²) in [6.07, 6.45) is 1.27. The molecule has 1 aliphatic rings. The Balaban J connectivity index is 1.03. The van der Waals surface area contributed by atoms with Crippen molar-refractivity contribution in [3.8, 4) is 17.2 Å². The number of methoxy groups -OCH3 is 1. The quantitative estimate of drug-likeness (QED) is 0.00880. The van der Waals surface area contributed by atoms with Crippen molar-refractivity contribution in [1.29, 1.82) is 0 Å². The van der Waals surface area contributed by atoms with Crippen LogP contribution in [0.15, 0.2) is 166 Å². The molecule has 11 N–H and O–H groups in total. The van der Waals surface area contributed by atoms with E-state index in [2.05, 4.69) is 85.7 Å². The fraction of sp³-hybridized carbons (Fsp3) is 0.0400. The van der Waals surface area contributed by atoms with Gasteiger partial charge in [0, 0.05) is 33.3 Å². The average molecular weight is 1220 g/mol. The molecule has 8 aromatic rings. The Morgan fingerprint density at radius 1 is 0.643 bits per heavy atom. The number of aromatic nitrogens is 3. The number of nitrogens with one attached hydrogen (secondary N) is 4. The van der Waals surface area contributed by atoms with Crippen molar-refractivity contribution in [2.45, 2.75) is 21.6 Å². The number of carboxylic acids is 1. The molecule has 0 atom stereocenters. The maximum absolute atomic E-state index is 14.9. The van der Waals surface area contributed by atoms with Crippen LogP contribution in [0.25, 0.3) is 16.8 Å². The molecule has 0 bridgehead atoms. The van der Waals surface area contributed by atoms with Crippen LogP contribution in [0.1, 0.15) is 31.8 Å². The normalized spacial score (nSPS) is 12.9. The molecule has 1 aliphatic carbocycles. The number of carbonyl (C=O) groups excluding carboxylic acids is 1. The number of phenols is 2. The lowest BCUT2D eigenvalue weighted by atomic mass is 9.93. The van der Waals surface area contributed by atoms with Crippen LogP contribution >= 0.6 is 36.1 Å². The van der Waals surface area contributed by atoms with Gasteiger partial charge in [-0.1, -0.05) is 33.3 Å². The van der Waals surface area contributed by atoms with Gasteiger partial charge >= 0.3 is 5.97 Å². The number of aromatic hydroxyl groups is 2. The Morgan fingerprint density at radius 2 is 1.25 bits per heavy atom. The Hall–Kier alpha value is -9.24. The number of ketones is 1. The number of para-hydroxylation sites is 1. The van der Waals surface area contributed by atoms with Gasteiger partial charge in [-0.2, -0.15) is 43.8 Å². The molecule has 0 saturated carbocycles. The number of hydrogen-bond donors (Lipinski definition) is 11. The van der Waals surface area contributed by atoms with Crippen LogP contribution in [0.2, 0.25) is 0 Å². The van der Waals surface area contributed by atoms with Crippen LogP contribution in [0.4, 0.5) is 63.3 Å².